The normalized spacial score (nSPS) is 14.0. The number of anilines is 1. The monoisotopic (exact) mass is 346 g/mol. The van der Waals surface area contributed by atoms with Crippen LogP contribution >= 0.6 is 11.3 Å². The van der Waals surface area contributed by atoms with Crippen molar-refractivity contribution in [2.75, 3.05) is 18.1 Å². The van der Waals surface area contributed by atoms with E-state index in [4.69, 9.17) is 0 Å². The van der Waals surface area contributed by atoms with Crippen molar-refractivity contribution in [3.8, 4) is 0 Å². The van der Waals surface area contributed by atoms with Crippen LogP contribution in [-0.2, 0) is 4.79 Å². The highest BCUT2D eigenvalue weighted by Crippen LogP contribution is 2.25. The lowest BCUT2D eigenvalue weighted by molar-refractivity contribution is -0.385. The maximum absolute atomic E-state index is 12.9. The first-order valence-electron chi connectivity index (χ1n) is 7.30. The molecule has 124 valence electrons. The first kappa shape index (κ1) is 16.1. The summed E-state index contributed by atoms with van der Waals surface area (Å²) in [6.45, 7) is 0.599. The molecule has 1 fully saturated rings. The first-order valence-corrected chi connectivity index (χ1v) is 8.18. The molecule has 8 nitrogen and oxygen atoms in total. The molecule has 2 aromatic rings. The smallest absolute Gasteiger partial charge is 0.282 e. The molecule has 0 aliphatic carbocycles. The highest BCUT2D eigenvalue weighted by Gasteiger charge is 2.30. The Labute approximate surface area is 141 Å². The zero-order valence-electron chi connectivity index (χ0n) is 12.6. The molecule has 3 rings (SSSR count). The number of nitro benzene ring substituents is 1. The second-order valence-electron chi connectivity index (χ2n) is 5.22. The lowest BCUT2D eigenvalue weighted by Crippen LogP contribution is -2.42. The molecule has 2 amide bonds. The van der Waals surface area contributed by atoms with Crippen LogP contribution in [0.25, 0.3) is 0 Å². The minimum atomic E-state index is -0.589. The van der Waals surface area contributed by atoms with Crippen molar-refractivity contribution in [1.82, 2.24) is 9.88 Å². The van der Waals surface area contributed by atoms with Gasteiger partial charge in [0.2, 0.25) is 5.91 Å². The fourth-order valence-electron chi connectivity index (χ4n) is 2.54. The largest absolute Gasteiger partial charge is 0.324 e. The van der Waals surface area contributed by atoms with Crippen LogP contribution in [0.4, 0.5) is 10.8 Å². The molecule has 0 N–H and O–H groups in total. The van der Waals surface area contributed by atoms with E-state index in [0.717, 1.165) is 6.42 Å². The van der Waals surface area contributed by atoms with Crippen LogP contribution in [0.2, 0.25) is 0 Å². The highest BCUT2D eigenvalue weighted by atomic mass is 32.1. The zero-order valence-corrected chi connectivity index (χ0v) is 13.4. The van der Waals surface area contributed by atoms with Gasteiger partial charge in [0.25, 0.3) is 11.6 Å². The number of aromatic nitrogens is 1. The molecule has 1 aromatic carbocycles. The number of carbonyl (C=O) groups is 2. The van der Waals surface area contributed by atoms with Gasteiger partial charge in [-0.2, -0.15) is 0 Å². The first-order chi connectivity index (χ1) is 11.6. The van der Waals surface area contributed by atoms with Crippen LogP contribution in [-0.4, -0.2) is 39.8 Å². The summed E-state index contributed by atoms with van der Waals surface area (Å²) < 4.78 is 0. The standard InChI is InChI=1S/C15H14N4O4S/c20-13-6-3-8-17(13)10-18(15-16-7-9-24-15)14(21)11-4-1-2-5-12(11)19(22)23/h1-2,4-5,7,9H,3,6,8,10H2. The van der Waals surface area contributed by atoms with Crippen molar-refractivity contribution in [2.24, 2.45) is 0 Å². The predicted molar refractivity (Wildman–Crippen MR) is 87.8 cm³/mol. The molecule has 0 atom stereocenters. The second kappa shape index (κ2) is 6.75. The molecule has 1 aromatic heterocycles. The molecule has 1 aliphatic heterocycles. The molecule has 2 heterocycles. The third kappa shape index (κ3) is 3.11. The lowest BCUT2D eigenvalue weighted by Gasteiger charge is -2.25. The topological polar surface area (TPSA) is 96.7 Å². The number of amides is 2. The second-order valence-corrected chi connectivity index (χ2v) is 6.10. The van der Waals surface area contributed by atoms with Crippen molar-refractivity contribution >= 4 is 34.0 Å². The van der Waals surface area contributed by atoms with Gasteiger partial charge in [0, 0.05) is 30.6 Å². The number of thiazole rings is 1. The molecule has 1 saturated heterocycles. The van der Waals surface area contributed by atoms with Crippen molar-refractivity contribution in [3.63, 3.8) is 0 Å². The maximum atomic E-state index is 12.9. The van der Waals surface area contributed by atoms with E-state index in [0.29, 0.717) is 18.1 Å². The van der Waals surface area contributed by atoms with Gasteiger partial charge < -0.3 is 4.90 Å². The summed E-state index contributed by atoms with van der Waals surface area (Å²) in [7, 11) is 0. The number of carbonyl (C=O) groups excluding carboxylic acids is 2. The van der Waals surface area contributed by atoms with Crippen LogP contribution in [0, 0.1) is 10.1 Å². The fourth-order valence-corrected chi connectivity index (χ4v) is 3.18. The Hall–Kier alpha value is -2.81. The van der Waals surface area contributed by atoms with Crippen molar-refractivity contribution in [1.29, 1.82) is 0 Å². The molecule has 0 spiro atoms. The number of para-hydroxylation sites is 1. The minimum Gasteiger partial charge on any atom is -0.324 e. The Bertz CT molecular complexity index is 778. The molecule has 0 unspecified atom stereocenters. The number of rotatable bonds is 5. The van der Waals surface area contributed by atoms with Crippen molar-refractivity contribution < 1.29 is 14.5 Å². The van der Waals surface area contributed by atoms with Gasteiger partial charge in [-0.3, -0.25) is 24.6 Å². The SMILES string of the molecule is O=C1CCCN1CN(C(=O)c1ccccc1[N+](=O)[O-])c1nccs1. The third-order valence-electron chi connectivity index (χ3n) is 3.71. The maximum Gasteiger partial charge on any atom is 0.282 e. The highest BCUT2D eigenvalue weighted by molar-refractivity contribution is 7.13. The summed E-state index contributed by atoms with van der Waals surface area (Å²) in [4.78, 5) is 42.4. The van der Waals surface area contributed by atoms with Gasteiger partial charge in [-0.05, 0) is 12.5 Å². The number of hydrogen-bond acceptors (Lipinski definition) is 6. The number of hydrogen-bond donors (Lipinski definition) is 0. The molecule has 0 radical (unpaired) electrons. The average molecular weight is 346 g/mol. The van der Waals surface area contributed by atoms with Gasteiger partial charge in [0.05, 0.1) is 4.92 Å². The summed E-state index contributed by atoms with van der Waals surface area (Å²) in [6.07, 6.45) is 2.74. The van der Waals surface area contributed by atoms with E-state index in [1.54, 1.807) is 22.5 Å². The molecule has 9 heteroatoms. The molecular weight excluding hydrogens is 332 g/mol. The molecule has 0 saturated carbocycles. The molecule has 1 aliphatic rings. The van der Waals surface area contributed by atoms with Crippen molar-refractivity contribution in [2.45, 2.75) is 12.8 Å². The van der Waals surface area contributed by atoms with E-state index >= 15 is 0 Å². The number of nitro groups is 1. The van der Waals surface area contributed by atoms with E-state index in [-0.39, 0.29) is 23.8 Å². The van der Waals surface area contributed by atoms with Crippen LogP contribution in [0.3, 0.4) is 0 Å². The van der Waals surface area contributed by atoms with Gasteiger partial charge in [-0.1, -0.05) is 12.1 Å². The van der Waals surface area contributed by atoms with E-state index in [1.807, 2.05) is 0 Å². The minimum absolute atomic E-state index is 0.0238. The van der Waals surface area contributed by atoms with Gasteiger partial charge in [-0.25, -0.2) is 4.98 Å². The summed E-state index contributed by atoms with van der Waals surface area (Å²) in [5, 5.41) is 13.3. The molecular formula is C15H14N4O4S. The quantitative estimate of drug-likeness (QED) is 0.611. The lowest BCUT2D eigenvalue weighted by atomic mass is 10.1. The Morgan fingerprint density at radius 1 is 1.42 bits per heavy atom. The van der Waals surface area contributed by atoms with Crippen LogP contribution < -0.4 is 4.90 Å². The Kier molecular flexibility index (Phi) is 4.52. The van der Waals surface area contributed by atoms with E-state index in [9.17, 15) is 19.7 Å². The predicted octanol–water partition coefficient (Wildman–Crippen LogP) is 2.28. The van der Waals surface area contributed by atoms with Crippen LogP contribution in [0.5, 0.6) is 0 Å². The third-order valence-corrected chi connectivity index (χ3v) is 4.50. The fraction of sp³-hybridized carbons (Fsp3) is 0.267. The molecule has 0 bridgehead atoms. The number of benzene rings is 1. The van der Waals surface area contributed by atoms with E-state index in [2.05, 4.69) is 4.98 Å². The summed E-state index contributed by atoms with van der Waals surface area (Å²) in [5.74, 6) is -0.580. The summed E-state index contributed by atoms with van der Waals surface area (Å²) >= 11 is 1.24. The Morgan fingerprint density at radius 3 is 2.83 bits per heavy atom. The number of nitrogens with zero attached hydrogens (tertiary/aromatic N) is 4. The van der Waals surface area contributed by atoms with E-state index < -0.39 is 10.8 Å². The molecule has 24 heavy (non-hydrogen) atoms. The van der Waals surface area contributed by atoms with Gasteiger partial charge in [0.1, 0.15) is 12.2 Å². The van der Waals surface area contributed by atoms with Crippen LogP contribution in [0.1, 0.15) is 23.2 Å². The Balaban J connectivity index is 1.95. The Morgan fingerprint density at radius 2 is 2.21 bits per heavy atom. The van der Waals surface area contributed by atoms with Gasteiger partial charge >= 0.3 is 0 Å². The number of likely N-dealkylation sites (tertiary alicyclic amines) is 1. The van der Waals surface area contributed by atoms with E-state index in [1.165, 1.54) is 34.4 Å². The van der Waals surface area contributed by atoms with Crippen LogP contribution in [0.15, 0.2) is 35.8 Å². The summed E-state index contributed by atoms with van der Waals surface area (Å²) in [5.41, 5.74) is -0.291. The van der Waals surface area contributed by atoms with Gasteiger partial charge in [-0.15, -0.1) is 11.3 Å². The van der Waals surface area contributed by atoms with Gasteiger partial charge in [0.15, 0.2) is 5.13 Å². The zero-order chi connectivity index (χ0) is 17.1. The average Bonchev–Trinajstić information content (AvgIpc) is 3.24. The summed E-state index contributed by atoms with van der Waals surface area (Å²) in [6, 6.07) is 5.77. The van der Waals surface area contributed by atoms with Crippen molar-refractivity contribution in [3.05, 3.63) is 51.5 Å².